The molecule has 12 heteroatoms. The number of amides is 2. The molecule has 6 N–H and O–H groups in total. The monoisotopic (exact) mass is 397 g/mol. The van der Waals surface area contributed by atoms with Crippen molar-refractivity contribution in [1.29, 1.82) is 0 Å². The molecule has 0 spiro atoms. The van der Waals surface area contributed by atoms with Crippen LogP contribution in [0.4, 0.5) is 5.13 Å². The van der Waals surface area contributed by atoms with E-state index in [2.05, 4.69) is 16.9 Å². The van der Waals surface area contributed by atoms with Crippen LogP contribution in [0.2, 0.25) is 0 Å². The fourth-order valence-corrected chi connectivity index (χ4v) is 4.66. The summed E-state index contributed by atoms with van der Waals surface area (Å²) in [4.78, 5) is 41.4. The van der Waals surface area contributed by atoms with Crippen LogP contribution < -0.4 is 16.5 Å². The first-order valence-electron chi connectivity index (χ1n) is 7.33. The number of carboxylic acid groups (broad SMARTS) is 1. The number of fused-ring (bicyclic) bond motifs is 1. The number of hydrogen-bond donors (Lipinski definition) is 5. The number of nitrogens with one attached hydrogen (secondary N) is 2. The number of hydrogen-bond acceptors (Lipinski definition) is 9. The average Bonchev–Trinajstić information content (AvgIpc) is 3.04. The minimum Gasteiger partial charge on any atom is -0.477 e. The minimum atomic E-state index is -1.23. The van der Waals surface area contributed by atoms with E-state index in [-0.39, 0.29) is 16.5 Å². The van der Waals surface area contributed by atoms with Crippen LogP contribution in [0.1, 0.15) is 11.7 Å². The first-order chi connectivity index (χ1) is 12.4. The quantitative estimate of drug-likeness (QED) is 0.320. The normalized spacial score (nSPS) is 23.1. The van der Waals surface area contributed by atoms with E-state index in [1.54, 1.807) is 0 Å². The number of rotatable bonds is 6. The predicted molar refractivity (Wildman–Crippen MR) is 94.1 cm³/mol. The summed E-state index contributed by atoms with van der Waals surface area (Å²) in [6.07, 6.45) is 1.41. The second-order valence-electron chi connectivity index (χ2n) is 5.45. The van der Waals surface area contributed by atoms with Gasteiger partial charge in [-0.3, -0.25) is 14.5 Å². The van der Waals surface area contributed by atoms with Crippen LogP contribution >= 0.6 is 23.1 Å². The Kier molecular flexibility index (Phi) is 5.00. The number of thiazole rings is 1. The summed E-state index contributed by atoms with van der Waals surface area (Å²) in [6, 6.07) is -2.10. The standard InChI is InChI=1S/C14H15N5O5S2/c1-2-5-3-25-12-8(11(21)19(12)9(5)13(22)23)17-10(20)7(18-24)6-4-26-14(15)16-6/h2,4,7-8,12,18,24H,1,3H2,(H2,15,16)(H,17,20)(H,22,23)/t7?,8-,12-/m1/s1. The molecule has 0 radical (unpaired) electrons. The number of anilines is 1. The number of carbonyl (C=O) groups is 3. The largest absolute Gasteiger partial charge is 0.477 e. The average molecular weight is 397 g/mol. The molecule has 2 aliphatic rings. The number of aromatic nitrogens is 1. The third kappa shape index (κ3) is 2.96. The molecular formula is C14H15N5O5S2. The zero-order valence-corrected chi connectivity index (χ0v) is 14.8. The molecule has 26 heavy (non-hydrogen) atoms. The number of nitrogens with two attached hydrogens (primary N) is 1. The van der Waals surface area contributed by atoms with Crippen LogP contribution in [-0.2, 0) is 14.4 Å². The maximum absolute atomic E-state index is 12.4. The van der Waals surface area contributed by atoms with E-state index in [4.69, 9.17) is 5.73 Å². The number of allylic oxidation sites excluding steroid dienone is 1. The predicted octanol–water partition coefficient (Wildman–Crippen LogP) is -0.330. The zero-order valence-electron chi connectivity index (χ0n) is 13.2. The maximum atomic E-state index is 12.4. The molecule has 1 saturated heterocycles. The lowest BCUT2D eigenvalue weighted by Crippen LogP contribution is -2.71. The Morgan fingerprint density at radius 1 is 1.54 bits per heavy atom. The van der Waals surface area contributed by atoms with Crippen molar-refractivity contribution >= 4 is 46.0 Å². The molecule has 0 aromatic carbocycles. The van der Waals surface area contributed by atoms with Crippen molar-refractivity contribution in [2.75, 3.05) is 11.5 Å². The summed E-state index contributed by atoms with van der Waals surface area (Å²) >= 11 is 2.43. The lowest BCUT2D eigenvalue weighted by atomic mass is 10.0. The van der Waals surface area contributed by atoms with Crippen molar-refractivity contribution in [3.8, 4) is 0 Å². The van der Waals surface area contributed by atoms with Crippen LogP contribution in [0.3, 0.4) is 0 Å². The fourth-order valence-electron chi connectivity index (χ4n) is 2.73. The highest BCUT2D eigenvalue weighted by molar-refractivity contribution is 8.00. The van der Waals surface area contributed by atoms with Gasteiger partial charge < -0.3 is 21.4 Å². The summed E-state index contributed by atoms with van der Waals surface area (Å²) in [7, 11) is 0. The zero-order chi connectivity index (χ0) is 19.0. The Balaban J connectivity index is 1.76. The third-order valence-corrected chi connectivity index (χ3v) is 5.97. The number of nitrogen functional groups attached to an aromatic ring is 1. The van der Waals surface area contributed by atoms with E-state index in [0.717, 1.165) is 16.2 Å². The summed E-state index contributed by atoms with van der Waals surface area (Å²) in [5.41, 5.74) is 7.91. The van der Waals surface area contributed by atoms with Crippen molar-refractivity contribution in [2.45, 2.75) is 17.5 Å². The van der Waals surface area contributed by atoms with E-state index in [1.807, 2.05) is 5.48 Å². The summed E-state index contributed by atoms with van der Waals surface area (Å²) in [6.45, 7) is 3.57. The van der Waals surface area contributed by atoms with Gasteiger partial charge in [0.25, 0.3) is 5.91 Å². The Hall–Kier alpha value is -2.41. The summed E-state index contributed by atoms with van der Waals surface area (Å²) < 4.78 is 0. The van der Waals surface area contributed by atoms with Crippen LogP contribution in [-0.4, -0.2) is 55.1 Å². The van der Waals surface area contributed by atoms with Crippen LogP contribution in [0.15, 0.2) is 29.3 Å². The number of hydroxylamine groups is 1. The van der Waals surface area contributed by atoms with E-state index in [9.17, 15) is 24.7 Å². The molecule has 1 aromatic rings. The third-order valence-electron chi connectivity index (χ3n) is 3.97. The van der Waals surface area contributed by atoms with Gasteiger partial charge in [-0.2, -0.15) is 5.48 Å². The summed E-state index contributed by atoms with van der Waals surface area (Å²) in [5, 5.41) is 22.4. The van der Waals surface area contributed by atoms with Gasteiger partial charge in [0.2, 0.25) is 5.91 Å². The maximum Gasteiger partial charge on any atom is 0.352 e. The topological polar surface area (TPSA) is 158 Å². The number of β-lactam (4-membered cyclic amide) rings is 1. The molecule has 2 amide bonds. The number of thioether (sulfide) groups is 1. The van der Waals surface area contributed by atoms with Crippen molar-refractivity contribution < 1.29 is 24.7 Å². The molecule has 1 fully saturated rings. The lowest BCUT2D eigenvalue weighted by molar-refractivity contribution is -0.151. The molecule has 2 aliphatic heterocycles. The Labute approximate surface area is 155 Å². The van der Waals surface area contributed by atoms with Gasteiger partial charge in [-0.1, -0.05) is 12.7 Å². The van der Waals surface area contributed by atoms with Gasteiger partial charge in [0, 0.05) is 11.1 Å². The SMILES string of the molecule is C=CC1=C(C(=O)O)N2C(=O)[C@@H](NC(=O)C(NO)c3csc(N)n3)[C@H]2SC1. The molecule has 3 atom stereocenters. The van der Waals surface area contributed by atoms with E-state index >= 15 is 0 Å². The lowest BCUT2D eigenvalue weighted by Gasteiger charge is -2.49. The van der Waals surface area contributed by atoms with Gasteiger partial charge in [-0.05, 0) is 5.57 Å². The molecule has 10 nitrogen and oxygen atoms in total. The van der Waals surface area contributed by atoms with E-state index in [0.29, 0.717) is 11.3 Å². The van der Waals surface area contributed by atoms with E-state index < -0.39 is 35.2 Å². The summed E-state index contributed by atoms with van der Waals surface area (Å²) in [5.74, 6) is -2.08. The van der Waals surface area contributed by atoms with Gasteiger partial charge in [-0.25, -0.2) is 9.78 Å². The smallest absolute Gasteiger partial charge is 0.352 e. The molecule has 138 valence electrons. The molecule has 3 rings (SSSR count). The first kappa shape index (κ1) is 18.4. The van der Waals surface area contributed by atoms with Crippen molar-refractivity contribution in [3.05, 3.63) is 35.0 Å². The molecular weight excluding hydrogens is 382 g/mol. The van der Waals surface area contributed by atoms with Crippen LogP contribution in [0.25, 0.3) is 0 Å². The fraction of sp³-hybridized carbons (Fsp3) is 0.286. The van der Waals surface area contributed by atoms with Gasteiger partial charge in [-0.15, -0.1) is 23.1 Å². The second-order valence-corrected chi connectivity index (χ2v) is 7.45. The molecule has 1 unspecified atom stereocenters. The highest BCUT2D eigenvalue weighted by atomic mass is 32.2. The first-order valence-corrected chi connectivity index (χ1v) is 9.26. The van der Waals surface area contributed by atoms with Gasteiger partial charge in [0.15, 0.2) is 11.2 Å². The Bertz CT molecular complexity index is 822. The molecule has 0 aliphatic carbocycles. The van der Waals surface area contributed by atoms with Crippen molar-refractivity contribution in [3.63, 3.8) is 0 Å². The number of nitrogens with zero attached hydrogens (tertiary/aromatic N) is 2. The Morgan fingerprint density at radius 2 is 2.27 bits per heavy atom. The highest BCUT2D eigenvalue weighted by Gasteiger charge is 2.54. The van der Waals surface area contributed by atoms with Crippen molar-refractivity contribution in [1.82, 2.24) is 20.7 Å². The number of aliphatic carboxylic acids is 1. The van der Waals surface area contributed by atoms with Crippen LogP contribution in [0, 0.1) is 0 Å². The van der Waals surface area contributed by atoms with Gasteiger partial charge in [0.1, 0.15) is 17.1 Å². The minimum absolute atomic E-state index is 0.122. The Morgan fingerprint density at radius 3 is 2.81 bits per heavy atom. The van der Waals surface area contributed by atoms with E-state index in [1.165, 1.54) is 23.2 Å². The second kappa shape index (κ2) is 7.07. The molecule has 1 aromatic heterocycles. The number of carbonyl (C=O) groups excluding carboxylic acids is 2. The number of carboxylic acids is 1. The van der Waals surface area contributed by atoms with Crippen LogP contribution in [0.5, 0.6) is 0 Å². The van der Waals surface area contributed by atoms with Gasteiger partial charge in [0.05, 0.1) is 5.69 Å². The molecule has 0 bridgehead atoms. The highest BCUT2D eigenvalue weighted by Crippen LogP contribution is 2.40. The molecule has 0 saturated carbocycles. The van der Waals surface area contributed by atoms with Gasteiger partial charge >= 0.3 is 5.97 Å². The van der Waals surface area contributed by atoms with Crippen molar-refractivity contribution in [2.24, 2.45) is 0 Å². The molecule has 3 heterocycles.